The number of nitrogens with zero attached hydrogens (tertiary/aromatic N) is 4. The van der Waals surface area contributed by atoms with E-state index in [4.69, 9.17) is 4.52 Å². The Kier molecular flexibility index (Phi) is 3.63. The van der Waals surface area contributed by atoms with Crippen molar-refractivity contribution >= 4 is 5.91 Å². The molecule has 2 heterocycles. The van der Waals surface area contributed by atoms with Gasteiger partial charge in [0.05, 0.1) is 17.8 Å². The molecule has 1 aromatic carbocycles. The normalized spacial score (nSPS) is 16.0. The molecule has 0 radical (unpaired) electrons. The molecule has 1 amide bonds. The first kappa shape index (κ1) is 15.6. The van der Waals surface area contributed by atoms with Crippen LogP contribution in [0, 0.1) is 13.8 Å². The predicted molar refractivity (Wildman–Crippen MR) is 90.9 cm³/mol. The number of fused-ring (bicyclic) bond motifs is 1. The second-order valence-electron chi connectivity index (χ2n) is 6.38. The summed E-state index contributed by atoms with van der Waals surface area (Å²) in [5.41, 5.74) is 4.78. The number of rotatable bonds is 3. The minimum Gasteiger partial charge on any atom is -0.345 e. The number of nitrogens with one attached hydrogen (secondary N) is 1. The number of aryl methyl sites for hydroxylation is 3. The topological polar surface area (TPSA) is 85.8 Å². The van der Waals surface area contributed by atoms with Crippen LogP contribution in [0.25, 0.3) is 11.4 Å². The lowest BCUT2D eigenvalue weighted by atomic mass is 10.0. The van der Waals surface area contributed by atoms with Crippen LogP contribution < -0.4 is 5.32 Å². The highest BCUT2D eigenvalue weighted by atomic mass is 16.5. The average Bonchev–Trinajstić information content (AvgIpc) is 3.28. The summed E-state index contributed by atoms with van der Waals surface area (Å²) in [6.07, 6.45) is 3.41. The van der Waals surface area contributed by atoms with Gasteiger partial charge >= 0.3 is 0 Å². The van der Waals surface area contributed by atoms with Gasteiger partial charge in [0.15, 0.2) is 0 Å². The lowest BCUT2D eigenvalue weighted by Crippen LogP contribution is -2.27. The number of benzene rings is 1. The molecule has 0 bridgehead atoms. The minimum absolute atomic E-state index is 0.0168. The molecular formula is C18H19N5O2. The van der Waals surface area contributed by atoms with Crippen molar-refractivity contribution in [1.82, 2.24) is 25.2 Å². The Morgan fingerprint density at radius 2 is 2.20 bits per heavy atom. The monoisotopic (exact) mass is 337 g/mol. The Labute approximate surface area is 145 Å². The maximum absolute atomic E-state index is 12.5. The molecule has 1 N–H and O–H groups in total. The molecule has 4 rings (SSSR count). The Morgan fingerprint density at radius 3 is 2.88 bits per heavy atom. The van der Waals surface area contributed by atoms with Crippen LogP contribution in [-0.4, -0.2) is 25.8 Å². The summed E-state index contributed by atoms with van der Waals surface area (Å²) >= 11 is 0. The van der Waals surface area contributed by atoms with Crippen LogP contribution in [-0.2, 0) is 13.5 Å². The van der Waals surface area contributed by atoms with E-state index in [1.807, 2.05) is 26.1 Å². The van der Waals surface area contributed by atoms with Crippen LogP contribution in [0.15, 0.2) is 28.9 Å². The van der Waals surface area contributed by atoms with Gasteiger partial charge in [-0.3, -0.25) is 9.48 Å². The molecule has 0 saturated carbocycles. The van der Waals surface area contributed by atoms with Crippen molar-refractivity contribution in [2.24, 2.45) is 7.05 Å². The number of hydrogen-bond donors (Lipinski definition) is 1. The van der Waals surface area contributed by atoms with Crippen LogP contribution >= 0.6 is 0 Å². The fourth-order valence-corrected chi connectivity index (χ4v) is 3.28. The Bertz CT molecular complexity index is 956. The first-order valence-corrected chi connectivity index (χ1v) is 8.26. The summed E-state index contributed by atoms with van der Waals surface area (Å²) in [7, 11) is 1.83. The third-order valence-electron chi connectivity index (χ3n) is 4.79. The van der Waals surface area contributed by atoms with E-state index >= 15 is 0 Å². The van der Waals surface area contributed by atoms with E-state index in [9.17, 15) is 4.79 Å². The summed E-state index contributed by atoms with van der Waals surface area (Å²) in [5, 5.41) is 11.2. The van der Waals surface area contributed by atoms with Crippen LogP contribution in [0.5, 0.6) is 0 Å². The van der Waals surface area contributed by atoms with Crippen molar-refractivity contribution in [3.05, 3.63) is 52.7 Å². The molecule has 2 aromatic heterocycles. The summed E-state index contributed by atoms with van der Waals surface area (Å²) in [5.74, 6) is 1.06. The van der Waals surface area contributed by atoms with Crippen LogP contribution in [0.1, 0.15) is 45.5 Å². The maximum atomic E-state index is 12.5. The zero-order valence-electron chi connectivity index (χ0n) is 14.4. The second kappa shape index (κ2) is 5.84. The van der Waals surface area contributed by atoms with Crippen molar-refractivity contribution in [2.45, 2.75) is 32.7 Å². The minimum atomic E-state index is -0.0821. The average molecular weight is 337 g/mol. The summed E-state index contributed by atoms with van der Waals surface area (Å²) < 4.78 is 6.75. The van der Waals surface area contributed by atoms with Gasteiger partial charge in [-0.05, 0) is 37.0 Å². The standard InChI is InChI=1S/C18H19N5O2/c1-10-15(9-19-23(10)3)18(24)21-16-7-5-12-8-13(4-6-14(12)16)17-20-11(2)25-22-17/h4,6,8-9,16H,5,7H2,1-3H3,(H,21,24)/t16-/m1/s1. The van der Waals surface area contributed by atoms with Gasteiger partial charge in [0.1, 0.15) is 0 Å². The molecular weight excluding hydrogens is 318 g/mol. The Balaban J connectivity index is 1.56. The fraction of sp³-hybridized carbons (Fsp3) is 0.333. The van der Waals surface area contributed by atoms with Gasteiger partial charge in [0, 0.05) is 25.2 Å². The largest absolute Gasteiger partial charge is 0.345 e. The van der Waals surface area contributed by atoms with Gasteiger partial charge in [0.25, 0.3) is 5.91 Å². The van der Waals surface area contributed by atoms with Gasteiger partial charge in [-0.25, -0.2) is 0 Å². The van der Waals surface area contributed by atoms with E-state index in [1.165, 1.54) is 5.56 Å². The fourth-order valence-electron chi connectivity index (χ4n) is 3.28. The molecule has 128 valence electrons. The predicted octanol–water partition coefficient (Wildman–Crippen LogP) is 2.50. The zero-order valence-corrected chi connectivity index (χ0v) is 14.4. The molecule has 0 unspecified atom stereocenters. The highest BCUT2D eigenvalue weighted by molar-refractivity contribution is 5.95. The smallest absolute Gasteiger partial charge is 0.255 e. The quantitative estimate of drug-likeness (QED) is 0.793. The van der Waals surface area contributed by atoms with Crippen LogP contribution in [0.2, 0.25) is 0 Å². The summed E-state index contributed by atoms with van der Waals surface area (Å²) in [4.78, 5) is 16.8. The molecule has 1 aliphatic rings. The molecule has 0 fully saturated rings. The van der Waals surface area contributed by atoms with E-state index in [1.54, 1.807) is 17.8 Å². The van der Waals surface area contributed by atoms with Crippen molar-refractivity contribution in [3.8, 4) is 11.4 Å². The molecule has 0 aliphatic heterocycles. The van der Waals surface area contributed by atoms with Crippen molar-refractivity contribution < 1.29 is 9.32 Å². The Morgan fingerprint density at radius 1 is 1.36 bits per heavy atom. The molecule has 7 heteroatoms. The van der Waals surface area contributed by atoms with Gasteiger partial charge in [-0.1, -0.05) is 17.3 Å². The van der Waals surface area contributed by atoms with E-state index in [2.05, 4.69) is 26.6 Å². The molecule has 25 heavy (non-hydrogen) atoms. The third kappa shape index (κ3) is 2.71. The zero-order chi connectivity index (χ0) is 17.6. The molecule has 1 aliphatic carbocycles. The van der Waals surface area contributed by atoms with Gasteiger partial charge in [0.2, 0.25) is 11.7 Å². The highest BCUT2D eigenvalue weighted by Gasteiger charge is 2.26. The Hall–Kier alpha value is -2.96. The number of carbonyl (C=O) groups is 1. The number of carbonyl (C=O) groups excluding carboxylic acids is 1. The van der Waals surface area contributed by atoms with Crippen LogP contribution in [0.3, 0.4) is 0 Å². The second-order valence-corrected chi connectivity index (χ2v) is 6.38. The lowest BCUT2D eigenvalue weighted by molar-refractivity contribution is 0.0936. The van der Waals surface area contributed by atoms with Gasteiger partial charge < -0.3 is 9.84 Å². The number of amides is 1. The summed E-state index contributed by atoms with van der Waals surface area (Å²) in [6.45, 7) is 3.67. The molecule has 0 saturated heterocycles. The van der Waals surface area contributed by atoms with Gasteiger partial charge in [-0.15, -0.1) is 0 Å². The molecule has 7 nitrogen and oxygen atoms in total. The van der Waals surface area contributed by atoms with Crippen molar-refractivity contribution in [1.29, 1.82) is 0 Å². The van der Waals surface area contributed by atoms with Crippen LogP contribution in [0.4, 0.5) is 0 Å². The first-order valence-electron chi connectivity index (χ1n) is 8.26. The lowest BCUT2D eigenvalue weighted by Gasteiger charge is -2.14. The van der Waals surface area contributed by atoms with Crippen molar-refractivity contribution in [2.75, 3.05) is 0 Å². The number of aromatic nitrogens is 4. The number of hydrogen-bond acceptors (Lipinski definition) is 5. The third-order valence-corrected chi connectivity index (χ3v) is 4.79. The maximum Gasteiger partial charge on any atom is 0.255 e. The first-order chi connectivity index (χ1) is 12.0. The van der Waals surface area contributed by atoms with Crippen molar-refractivity contribution in [3.63, 3.8) is 0 Å². The molecule has 0 spiro atoms. The molecule has 1 atom stereocenters. The van der Waals surface area contributed by atoms with E-state index in [-0.39, 0.29) is 11.9 Å². The SMILES string of the molecule is Cc1nc(-c2ccc3c(c2)CC[C@H]3NC(=O)c2cnn(C)c2C)no1. The molecule has 3 aromatic rings. The highest BCUT2D eigenvalue weighted by Crippen LogP contribution is 2.34. The summed E-state index contributed by atoms with van der Waals surface area (Å²) in [6, 6.07) is 6.12. The van der Waals surface area contributed by atoms with E-state index in [0.29, 0.717) is 17.3 Å². The van der Waals surface area contributed by atoms with E-state index < -0.39 is 0 Å². The van der Waals surface area contributed by atoms with Gasteiger partial charge in [-0.2, -0.15) is 10.1 Å². The van der Waals surface area contributed by atoms with E-state index in [0.717, 1.165) is 29.7 Å².